The Labute approximate surface area is 146 Å². The van der Waals surface area contributed by atoms with Gasteiger partial charge >= 0.3 is 0 Å². The number of amides is 1. The van der Waals surface area contributed by atoms with Gasteiger partial charge in [0.15, 0.2) is 11.5 Å². The van der Waals surface area contributed by atoms with Crippen molar-refractivity contribution in [2.75, 3.05) is 26.0 Å². The van der Waals surface area contributed by atoms with Gasteiger partial charge in [0.25, 0.3) is 0 Å². The van der Waals surface area contributed by atoms with E-state index < -0.39 is 0 Å². The molecule has 1 aliphatic rings. The summed E-state index contributed by atoms with van der Waals surface area (Å²) in [5.41, 5.74) is 1.14. The number of ether oxygens (including phenoxy) is 2. The predicted octanol–water partition coefficient (Wildman–Crippen LogP) is 3.77. The Morgan fingerprint density at radius 1 is 1.12 bits per heavy atom. The second-order valence-electron chi connectivity index (χ2n) is 5.69. The van der Waals surface area contributed by atoms with E-state index in [1.54, 1.807) is 4.90 Å². The number of hydrogen-bond acceptors (Lipinski definition) is 4. The quantitative estimate of drug-likeness (QED) is 0.775. The van der Waals surface area contributed by atoms with E-state index in [-0.39, 0.29) is 11.9 Å². The van der Waals surface area contributed by atoms with Crippen LogP contribution < -0.4 is 9.47 Å². The van der Waals surface area contributed by atoms with Gasteiger partial charge in [-0.25, -0.2) is 0 Å². The van der Waals surface area contributed by atoms with Crippen molar-refractivity contribution in [3.8, 4) is 11.5 Å². The Hall–Kier alpha value is -2.14. The number of hydrogen-bond donors (Lipinski definition) is 0. The number of benzene rings is 2. The van der Waals surface area contributed by atoms with Crippen molar-refractivity contribution in [1.29, 1.82) is 0 Å². The summed E-state index contributed by atoms with van der Waals surface area (Å²) in [5.74, 6) is 2.02. The van der Waals surface area contributed by atoms with Crippen LogP contribution in [0, 0.1) is 0 Å². The third-order valence-corrected chi connectivity index (χ3v) is 5.11. The summed E-state index contributed by atoms with van der Waals surface area (Å²) in [6, 6.07) is 15.9. The molecule has 0 saturated heterocycles. The fourth-order valence-corrected chi connectivity index (χ4v) is 3.38. The number of rotatable bonds is 5. The fraction of sp³-hybridized carbons (Fsp3) is 0.316. The maximum absolute atomic E-state index is 12.5. The molecular formula is C19H21NO3S. The monoisotopic (exact) mass is 343 g/mol. The van der Waals surface area contributed by atoms with E-state index in [1.165, 1.54) is 11.8 Å². The summed E-state index contributed by atoms with van der Waals surface area (Å²) in [7, 11) is 1.85. The fourth-order valence-electron chi connectivity index (χ4n) is 2.53. The minimum atomic E-state index is 0.0552. The minimum absolute atomic E-state index is 0.0552. The molecule has 0 saturated carbocycles. The van der Waals surface area contributed by atoms with Crippen LogP contribution in [-0.4, -0.2) is 36.8 Å². The first-order valence-corrected chi connectivity index (χ1v) is 8.97. The predicted molar refractivity (Wildman–Crippen MR) is 95.8 cm³/mol. The SMILES string of the molecule is CC(c1ccccc1)N(C)C(=O)CSc1ccc2c(c1)OCCO2. The van der Waals surface area contributed by atoms with Gasteiger partial charge in [-0.05, 0) is 30.7 Å². The molecule has 0 N–H and O–H groups in total. The van der Waals surface area contributed by atoms with Crippen LogP contribution in [0.3, 0.4) is 0 Å². The standard InChI is InChI=1S/C19H21NO3S/c1-14(15-6-4-3-5-7-15)20(2)19(21)13-24-16-8-9-17-18(12-16)23-11-10-22-17/h3-9,12,14H,10-11,13H2,1-2H3. The van der Waals surface area contributed by atoms with Crippen LogP contribution in [0.25, 0.3) is 0 Å². The van der Waals surface area contributed by atoms with Crippen LogP contribution >= 0.6 is 11.8 Å². The van der Waals surface area contributed by atoms with Crippen molar-refractivity contribution in [2.24, 2.45) is 0 Å². The zero-order valence-electron chi connectivity index (χ0n) is 13.9. The normalized spacial score (nSPS) is 14.1. The first-order valence-electron chi connectivity index (χ1n) is 7.98. The van der Waals surface area contributed by atoms with E-state index in [0.717, 1.165) is 22.0 Å². The molecule has 24 heavy (non-hydrogen) atoms. The molecule has 0 bridgehead atoms. The van der Waals surface area contributed by atoms with Gasteiger partial charge in [-0.1, -0.05) is 30.3 Å². The summed E-state index contributed by atoms with van der Waals surface area (Å²) in [4.78, 5) is 15.3. The summed E-state index contributed by atoms with van der Waals surface area (Å²) < 4.78 is 11.1. The molecule has 2 aromatic carbocycles. The zero-order valence-corrected chi connectivity index (χ0v) is 14.7. The van der Waals surface area contributed by atoms with Crippen LogP contribution in [-0.2, 0) is 4.79 Å². The molecule has 0 spiro atoms. The largest absolute Gasteiger partial charge is 0.486 e. The molecule has 1 amide bonds. The second kappa shape index (κ2) is 7.62. The molecule has 3 rings (SSSR count). The lowest BCUT2D eigenvalue weighted by atomic mass is 10.1. The van der Waals surface area contributed by atoms with E-state index in [9.17, 15) is 4.79 Å². The van der Waals surface area contributed by atoms with Gasteiger partial charge in [0.05, 0.1) is 11.8 Å². The number of fused-ring (bicyclic) bond motifs is 1. The Morgan fingerprint density at radius 2 is 1.83 bits per heavy atom. The van der Waals surface area contributed by atoms with Crippen molar-refractivity contribution in [2.45, 2.75) is 17.9 Å². The van der Waals surface area contributed by atoms with Crippen molar-refractivity contribution in [3.05, 3.63) is 54.1 Å². The Bertz CT molecular complexity index is 705. The maximum atomic E-state index is 12.5. The van der Waals surface area contributed by atoms with Crippen LogP contribution in [0.4, 0.5) is 0 Å². The first-order chi connectivity index (χ1) is 11.6. The molecule has 1 heterocycles. The van der Waals surface area contributed by atoms with Crippen LogP contribution in [0.2, 0.25) is 0 Å². The highest BCUT2D eigenvalue weighted by Crippen LogP contribution is 2.34. The number of thioether (sulfide) groups is 1. The van der Waals surface area contributed by atoms with Gasteiger partial charge in [-0.3, -0.25) is 4.79 Å². The van der Waals surface area contributed by atoms with Gasteiger partial charge in [0, 0.05) is 11.9 Å². The lowest BCUT2D eigenvalue weighted by molar-refractivity contribution is -0.128. The van der Waals surface area contributed by atoms with Crippen molar-refractivity contribution in [1.82, 2.24) is 4.90 Å². The second-order valence-corrected chi connectivity index (χ2v) is 6.73. The molecule has 1 aliphatic heterocycles. The van der Waals surface area contributed by atoms with Gasteiger partial charge in [0.2, 0.25) is 5.91 Å². The van der Waals surface area contributed by atoms with E-state index in [1.807, 2.05) is 62.5 Å². The highest BCUT2D eigenvalue weighted by atomic mass is 32.2. The molecule has 0 aromatic heterocycles. The lowest BCUT2D eigenvalue weighted by Gasteiger charge is -2.25. The van der Waals surface area contributed by atoms with E-state index in [4.69, 9.17) is 9.47 Å². The Kier molecular flexibility index (Phi) is 5.30. The van der Waals surface area contributed by atoms with Gasteiger partial charge in [0.1, 0.15) is 13.2 Å². The molecule has 0 fully saturated rings. The van der Waals surface area contributed by atoms with Crippen LogP contribution in [0.5, 0.6) is 11.5 Å². The molecule has 5 heteroatoms. The number of carbonyl (C=O) groups is 1. The number of carbonyl (C=O) groups excluding carboxylic acids is 1. The molecule has 0 radical (unpaired) electrons. The van der Waals surface area contributed by atoms with Crippen molar-refractivity contribution < 1.29 is 14.3 Å². The molecule has 1 unspecified atom stereocenters. The number of nitrogens with zero attached hydrogens (tertiary/aromatic N) is 1. The third kappa shape index (κ3) is 3.85. The minimum Gasteiger partial charge on any atom is -0.486 e. The topological polar surface area (TPSA) is 38.8 Å². The van der Waals surface area contributed by atoms with E-state index >= 15 is 0 Å². The van der Waals surface area contributed by atoms with Gasteiger partial charge < -0.3 is 14.4 Å². The highest BCUT2D eigenvalue weighted by Gasteiger charge is 2.18. The molecule has 0 aliphatic carbocycles. The highest BCUT2D eigenvalue weighted by molar-refractivity contribution is 8.00. The molecule has 126 valence electrons. The first kappa shape index (κ1) is 16.7. The zero-order chi connectivity index (χ0) is 16.9. The van der Waals surface area contributed by atoms with Crippen molar-refractivity contribution in [3.63, 3.8) is 0 Å². The Balaban J connectivity index is 1.59. The van der Waals surface area contributed by atoms with Crippen LogP contribution in [0.15, 0.2) is 53.4 Å². The maximum Gasteiger partial charge on any atom is 0.233 e. The summed E-state index contributed by atoms with van der Waals surface area (Å²) in [6.45, 7) is 3.19. The summed E-state index contributed by atoms with van der Waals surface area (Å²) in [6.07, 6.45) is 0. The third-order valence-electron chi connectivity index (χ3n) is 4.13. The van der Waals surface area contributed by atoms with Crippen molar-refractivity contribution >= 4 is 17.7 Å². The molecular weight excluding hydrogens is 322 g/mol. The molecule has 1 atom stereocenters. The van der Waals surface area contributed by atoms with E-state index in [2.05, 4.69) is 0 Å². The average molecular weight is 343 g/mol. The summed E-state index contributed by atoms with van der Waals surface area (Å²) >= 11 is 1.52. The Morgan fingerprint density at radius 3 is 2.58 bits per heavy atom. The summed E-state index contributed by atoms with van der Waals surface area (Å²) in [5, 5.41) is 0. The average Bonchev–Trinajstić information content (AvgIpc) is 2.65. The van der Waals surface area contributed by atoms with Crippen LogP contribution in [0.1, 0.15) is 18.5 Å². The van der Waals surface area contributed by atoms with Gasteiger partial charge in [-0.15, -0.1) is 11.8 Å². The van der Waals surface area contributed by atoms with E-state index in [0.29, 0.717) is 19.0 Å². The molecule has 4 nitrogen and oxygen atoms in total. The smallest absolute Gasteiger partial charge is 0.233 e. The molecule has 2 aromatic rings. The lowest BCUT2D eigenvalue weighted by Crippen LogP contribution is -2.31. The van der Waals surface area contributed by atoms with Gasteiger partial charge in [-0.2, -0.15) is 0 Å².